The van der Waals surface area contributed by atoms with Gasteiger partial charge in [0, 0.05) is 25.0 Å². The molecule has 2 atom stereocenters. The maximum Gasteiger partial charge on any atom is 0.310 e. The summed E-state index contributed by atoms with van der Waals surface area (Å²) in [5.41, 5.74) is 0. The van der Waals surface area contributed by atoms with E-state index in [4.69, 9.17) is 4.74 Å². The highest BCUT2D eigenvalue weighted by atomic mass is 127. The first-order chi connectivity index (χ1) is 10.1. The van der Waals surface area contributed by atoms with Crippen molar-refractivity contribution in [1.82, 2.24) is 10.6 Å². The van der Waals surface area contributed by atoms with Crippen LogP contribution in [-0.4, -0.2) is 39.2 Å². The molecule has 0 saturated carbocycles. The second-order valence-electron chi connectivity index (χ2n) is 5.15. The number of halogens is 1. The Morgan fingerprint density at radius 3 is 2.59 bits per heavy atom. The minimum Gasteiger partial charge on any atom is -0.469 e. The lowest BCUT2D eigenvalue weighted by Crippen LogP contribution is -2.42. The van der Waals surface area contributed by atoms with E-state index in [0.29, 0.717) is 18.4 Å². The number of thiophene rings is 1. The maximum atomic E-state index is 11.3. The Kier molecular flexibility index (Phi) is 11.3. The number of hydrogen-bond donors (Lipinski definition) is 2. The molecule has 0 aromatic carbocycles. The van der Waals surface area contributed by atoms with Crippen molar-refractivity contribution in [2.75, 3.05) is 27.2 Å². The molecule has 5 nitrogen and oxygen atoms in total. The van der Waals surface area contributed by atoms with E-state index in [1.165, 1.54) is 12.0 Å². The number of esters is 1. The van der Waals surface area contributed by atoms with Crippen molar-refractivity contribution in [3.05, 3.63) is 22.4 Å². The Hall–Kier alpha value is -0.830. The van der Waals surface area contributed by atoms with E-state index in [9.17, 15) is 4.79 Å². The summed E-state index contributed by atoms with van der Waals surface area (Å²) in [6.07, 6.45) is 1.06. The van der Waals surface area contributed by atoms with Gasteiger partial charge in [0.05, 0.1) is 13.0 Å². The summed E-state index contributed by atoms with van der Waals surface area (Å²) in [6.45, 7) is 5.37. The highest BCUT2D eigenvalue weighted by molar-refractivity contribution is 14.0. The normalized spacial score (nSPS) is 13.7. The van der Waals surface area contributed by atoms with Crippen LogP contribution in [0.15, 0.2) is 22.5 Å². The van der Waals surface area contributed by atoms with Gasteiger partial charge in [0.2, 0.25) is 0 Å². The zero-order chi connectivity index (χ0) is 15.7. The molecule has 22 heavy (non-hydrogen) atoms. The maximum absolute atomic E-state index is 11.3. The second kappa shape index (κ2) is 11.7. The van der Waals surface area contributed by atoms with Crippen LogP contribution >= 0.6 is 35.3 Å². The van der Waals surface area contributed by atoms with E-state index in [2.05, 4.69) is 40.1 Å². The van der Waals surface area contributed by atoms with E-state index in [1.54, 1.807) is 18.4 Å². The predicted molar refractivity (Wildman–Crippen MR) is 103 cm³/mol. The SMILES string of the molecule is CN=C(NCC(C)Cc1cccs1)NCC(C)C(=O)OC.I. The lowest BCUT2D eigenvalue weighted by atomic mass is 10.1. The van der Waals surface area contributed by atoms with Crippen molar-refractivity contribution in [3.8, 4) is 0 Å². The summed E-state index contributed by atoms with van der Waals surface area (Å²) < 4.78 is 4.70. The summed E-state index contributed by atoms with van der Waals surface area (Å²) in [5, 5.41) is 8.53. The van der Waals surface area contributed by atoms with E-state index in [0.717, 1.165) is 13.0 Å². The van der Waals surface area contributed by atoms with Crippen molar-refractivity contribution in [3.63, 3.8) is 0 Å². The molecule has 1 aromatic heterocycles. The molecular weight excluding hydrogens is 413 g/mol. The quantitative estimate of drug-likeness (QED) is 0.297. The number of nitrogens with zero attached hydrogens (tertiary/aromatic N) is 1. The molecule has 0 spiro atoms. The van der Waals surface area contributed by atoms with Crippen LogP contribution in [0.2, 0.25) is 0 Å². The Morgan fingerprint density at radius 2 is 2.05 bits per heavy atom. The molecule has 0 amide bonds. The van der Waals surface area contributed by atoms with E-state index in [1.807, 2.05) is 6.92 Å². The smallest absolute Gasteiger partial charge is 0.310 e. The van der Waals surface area contributed by atoms with E-state index in [-0.39, 0.29) is 35.9 Å². The third-order valence-corrected chi connectivity index (χ3v) is 4.05. The number of guanidine groups is 1. The van der Waals surface area contributed by atoms with Crippen LogP contribution in [0.25, 0.3) is 0 Å². The van der Waals surface area contributed by atoms with Crippen molar-refractivity contribution >= 4 is 47.2 Å². The summed E-state index contributed by atoms with van der Waals surface area (Å²) in [6, 6.07) is 4.24. The third-order valence-electron chi connectivity index (χ3n) is 3.15. The van der Waals surface area contributed by atoms with Gasteiger partial charge in [-0.2, -0.15) is 0 Å². The highest BCUT2D eigenvalue weighted by Gasteiger charge is 2.13. The van der Waals surface area contributed by atoms with E-state index < -0.39 is 0 Å². The molecule has 2 N–H and O–H groups in total. The summed E-state index contributed by atoms with van der Waals surface area (Å²) >= 11 is 1.79. The first-order valence-corrected chi connectivity index (χ1v) is 7.99. The van der Waals surface area contributed by atoms with Gasteiger partial charge < -0.3 is 15.4 Å². The molecule has 1 heterocycles. The predicted octanol–water partition coefficient (Wildman–Crippen LogP) is 2.52. The molecule has 1 aromatic rings. The lowest BCUT2D eigenvalue weighted by Gasteiger charge is -2.17. The second-order valence-corrected chi connectivity index (χ2v) is 6.18. The summed E-state index contributed by atoms with van der Waals surface area (Å²) in [5.74, 6) is 0.810. The average Bonchev–Trinajstić information content (AvgIpc) is 2.99. The number of methoxy groups -OCH3 is 1. The first-order valence-electron chi connectivity index (χ1n) is 7.11. The Bertz CT molecular complexity index is 452. The molecule has 0 aliphatic rings. The summed E-state index contributed by atoms with van der Waals surface area (Å²) in [7, 11) is 3.13. The average molecular weight is 439 g/mol. The molecule has 0 aliphatic carbocycles. The number of hydrogen-bond acceptors (Lipinski definition) is 4. The standard InChI is InChI=1S/C15H25N3O2S.HI/c1-11(8-13-6-5-7-21-13)9-17-15(16-3)18-10-12(2)14(19)20-4;/h5-7,11-12H,8-10H2,1-4H3,(H2,16,17,18);1H. The molecule has 0 aliphatic heterocycles. The number of carbonyl (C=O) groups is 1. The number of aliphatic imine (C=N–C) groups is 1. The zero-order valence-corrected chi connectivity index (χ0v) is 16.7. The molecule has 0 fully saturated rings. The minimum absolute atomic E-state index is 0. The first kappa shape index (κ1) is 21.2. The van der Waals surface area contributed by atoms with Crippen LogP contribution in [-0.2, 0) is 16.0 Å². The Morgan fingerprint density at radius 1 is 1.36 bits per heavy atom. The largest absolute Gasteiger partial charge is 0.469 e. The molecule has 0 radical (unpaired) electrons. The third kappa shape index (κ3) is 7.98. The highest BCUT2D eigenvalue weighted by Crippen LogP contribution is 2.13. The van der Waals surface area contributed by atoms with Gasteiger partial charge in [-0.05, 0) is 23.8 Å². The van der Waals surface area contributed by atoms with Gasteiger partial charge in [-0.1, -0.05) is 19.9 Å². The van der Waals surface area contributed by atoms with Gasteiger partial charge in [-0.3, -0.25) is 9.79 Å². The molecule has 1 rings (SSSR count). The van der Waals surface area contributed by atoms with Crippen LogP contribution in [0.1, 0.15) is 18.7 Å². The van der Waals surface area contributed by atoms with Crippen LogP contribution in [0, 0.1) is 11.8 Å². The van der Waals surface area contributed by atoms with Crippen molar-refractivity contribution < 1.29 is 9.53 Å². The van der Waals surface area contributed by atoms with Gasteiger partial charge in [0.15, 0.2) is 5.96 Å². The van der Waals surface area contributed by atoms with E-state index >= 15 is 0 Å². The fraction of sp³-hybridized carbons (Fsp3) is 0.600. The monoisotopic (exact) mass is 439 g/mol. The van der Waals surface area contributed by atoms with Crippen LogP contribution in [0.4, 0.5) is 0 Å². The van der Waals surface area contributed by atoms with Gasteiger partial charge in [0.1, 0.15) is 0 Å². The van der Waals surface area contributed by atoms with Crippen LogP contribution in [0.3, 0.4) is 0 Å². The van der Waals surface area contributed by atoms with Gasteiger partial charge in [0.25, 0.3) is 0 Å². The fourth-order valence-corrected chi connectivity index (χ4v) is 2.74. The molecule has 0 saturated heterocycles. The molecular formula is C15H26IN3O2S. The van der Waals surface area contributed by atoms with Crippen molar-refractivity contribution in [1.29, 1.82) is 0 Å². The molecule has 0 bridgehead atoms. The molecule has 126 valence electrons. The minimum atomic E-state index is -0.219. The number of ether oxygens (including phenoxy) is 1. The van der Waals surface area contributed by atoms with Gasteiger partial charge in [-0.25, -0.2) is 0 Å². The summed E-state index contributed by atoms with van der Waals surface area (Å²) in [4.78, 5) is 16.9. The Labute approximate surface area is 154 Å². The van der Waals surface area contributed by atoms with Crippen LogP contribution in [0.5, 0.6) is 0 Å². The molecule has 7 heteroatoms. The Balaban J connectivity index is 0.00000441. The number of rotatable bonds is 7. The van der Waals surface area contributed by atoms with Gasteiger partial charge >= 0.3 is 5.97 Å². The lowest BCUT2D eigenvalue weighted by molar-refractivity contribution is -0.144. The van der Waals surface area contributed by atoms with Crippen molar-refractivity contribution in [2.24, 2.45) is 16.8 Å². The topological polar surface area (TPSA) is 62.7 Å². The zero-order valence-electron chi connectivity index (χ0n) is 13.6. The van der Waals surface area contributed by atoms with Gasteiger partial charge in [-0.15, -0.1) is 35.3 Å². The number of carbonyl (C=O) groups excluding carboxylic acids is 1. The number of nitrogens with one attached hydrogen (secondary N) is 2. The van der Waals surface area contributed by atoms with Crippen LogP contribution < -0.4 is 10.6 Å². The molecule has 2 unspecified atom stereocenters. The van der Waals surface area contributed by atoms with Crippen molar-refractivity contribution in [2.45, 2.75) is 20.3 Å². The fourth-order valence-electron chi connectivity index (χ4n) is 1.87.